The lowest BCUT2D eigenvalue weighted by molar-refractivity contribution is -0.111. The number of anilines is 1. The largest absolute Gasteiger partial charge is 0.494 e. The van der Waals surface area contributed by atoms with Crippen LogP contribution in [0.5, 0.6) is 0 Å². The molecule has 1 saturated heterocycles. The fourth-order valence-electron chi connectivity index (χ4n) is 2.30. The molecule has 1 amide bonds. The molecule has 0 aliphatic carbocycles. The number of nitrogens with zero attached hydrogens (tertiary/aromatic N) is 1. The molecule has 0 saturated carbocycles. The van der Waals surface area contributed by atoms with Crippen molar-refractivity contribution in [3.63, 3.8) is 0 Å². The van der Waals surface area contributed by atoms with E-state index in [-0.39, 0.29) is 17.1 Å². The molecule has 1 aliphatic heterocycles. The summed E-state index contributed by atoms with van der Waals surface area (Å²) in [5.41, 5.74) is 0.850. The molecular weight excluding hydrogens is 303 g/mol. The van der Waals surface area contributed by atoms with Crippen molar-refractivity contribution in [2.45, 2.75) is 38.9 Å². The Morgan fingerprint density at radius 2 is 1.83 bits per heavy atom. The van der Waals surface area contributed by atoms with Crippen LogP contribution in [0, 0.1) is 0 Å². The van der Waals surface area contributed by atoms with Crippen LogP contribution in [0.2, 0.25) is 0 Å². The van der Waals surface area contributed by atoms with Gasteiger partial charge in [-0.05, 0) is 59.4 Å². The zero-order valence-corrected chi connectivity index (χ0v) is 15.4. The number of benzene rings is 1. The molecule has 1 aromatic rings. The molecule has 6 heteroatoms. The Hall–Kier alpha value is -1.63. The molecule has 2 rings (SSSR count). The van der Waals surface area contributed by atoms with Gasteiger partial charge in [-0.15, -0.1) is 0 Å². The second kappa shape index (κ2) is 7.09. The lowest BCUT2D eigenvalue weighted by atomic mass is 9.79. The standard InChI is InChI=1S/C18H27BN2O3/c1-17(2)18(3,4)24-19(23-17)14-9-7-10-15(13-14)20-16(22)11-8-12-21(5)6/h7-11,13H,12H2,1-6H3,(H,20,22)/b11-8+. The van der Waals surface area contributed by atoms with Gasteiger partial charge in [0.1, 0.15) is 0 Å². The van der Waals surface area contributed by atoms with Crippen LogP contribution in [-0.2, 0) is 14.1 Å². The lowest BCUT2D eigenvalue weighted by Crippen LogP contribution is -2.41. The van der Waals surface area contributed by atoms with E-state index < -0.39 is 7.12 Å². The number of carbonyl (C=O) groups is 1. The lowest BCUT2D eigenvalue weighted by Gasteiger charge is -2.32. The van der Waals surface area contributed by atoms with E-state index in [1.165, 1.54) is 0 Å². The summed E-state index contributed by atoms with van der Waals surface area (Å²) in [6.07, 6.45) is 3.37. The van der Waals surface area contributed by atoms with Crippen molar-refractivity contribution in [3.05, 3.63) is 36.4 Å². The predicted octanol–water partition coefficient (Wildman–Crippen LogP) is 2.04. The molecule has 0 atom stereocenters. The van der Waals surface area contributed by atoms with Gasteiger partial charge in [0.15, 0.2) is 0 Å². The van der Waals surface area contributed by atoms with Gasteiger partial charge in [0, 0.05) is 18.3 Å². The molecule has 5 nitrogen and oxygen atoms in total. The van der Waals surface area contributed by atoms with Gasteiger partial charge in [-0.2, -0.15) is 0 Å². The minimum absolute atomic E-state index is 0.150. The van der Waals surface area contributed by atoms with Crippen LogP contribution >= 0.6 is 0 Å². The molecule has 0 radical (unpaired) electrons. The smallest absolute Gasteiger partial charge is 0.399 e. The number of carbonyl (C=O) groups excluding carboxylic acids is 1. The third kappa shape index (κ3) is 4.47. The molecule has 1 N–H and O–H groups in total. The van der Waals surface area contributed by atoms with Crippen LogP contribution in [-0.4, -0.2) is 49.8 Å². The molecule has 1 fully saturated rings. The van der Waals surface area contributed by atoms with Crippen LogP contribution < -0.4 is 10.8 Å². The fraction of sp³-hybridized carbons (Fsp3) is 0.500. The van der Waals surface area contributed by atoms with Crippen LogP contribution in [0.4, 0.5) is 5.69 Å². The van der Waals surface area contributed by atoms with E-state index in [0.717, 1.165) is 17.7 Å². The van der Waals surface area contributed by atoms with E-state index in [2.05, 4.69) is 5.32 Å². The Kier molecular flexibility index (Phi) is 5.53. The Labute approximate surface area is 145 Å². The molecule has 24 heavy (non-hydrogen) atoms. The average molecular weight is 330 g/mol. The van der Waals surface area contributed by atoms with E-state index >= 15 is 0 Å². The van der Waals surface area contributed by atoms with E-state index in [0.29, 0.717) is 0 Å². The number of likely N-dealkylation sites (N-methyl/N-ethyl adjacent to an activating group) is 1. The van der Waals surface area contributed by atoms with Gasteiger partial charge in [-0.1, -0.05) is 18.2 Å². The Morgan fingerprint density at radius 1 is 1.21 bits per heavy atom. The first kappa shape index (κ1) is 18.7. The third-order valence-corrected chi connectivity index (χ3v) is 4.42. The zero-order chi connectivity index (χ0) is 18.0. The summed E-state index contributed by atoms with van der Waals surface area (Å²) in [5.74, 6) is -0.150. The summed E-state index contributed by atoms with van der Waals surface area (Å²) in [7, 11) is 3.48. The van der Waals surface area contributed by atoms with Gasteiger partial charge in [0.25, 0.3) is 0 Å². The Morgan fingerprint density at radius 3 is 2.42 bits per heavy atom. The first-order valence-electron chi connectivity index (χ1n) is 8.18. The van der Waals surface area contributed by atoms with Crippen molar-refractivity contribution < 1.29 is 14.1 Å². The Bertz CT molecular complexity index is 610. The highest BCUT2D eigenvalue weighted by Crippen LogP contribution is 2.36. The maximum absolute atomic E-state index is 12.0. The van der Waals surface area contributed by atoms with Crippen molar-refractivity contribution in [2.75, 3.05) is 26.0 Å². The normalized spacial score (nSPS) is 19.2. The van der Waals surface area contributed by atoms with E-state index in [1.807, 2.05) is 77.0 Å². The van der Waals surface area contributed by atoms with Crippen LogP contribution in [0.1, 0.15) is 27.7 Å². The molecule has 1 heterocycles. The first-order valence-corrected chi connectivity index (χ1v) is 8.18. The van der Waals surface area contributed by atoms with Crippen molar-refractivity contribution in [2.24, 2.45) is 0 Å². The summed E-state index contributed by atoms with van der Waals surface area (Å²) in [6, 6.07) is 7.57. The number of hydrogen-bond acceptors (Lipinski definition) is 4. The maximum atomic E-state index is 12.0. The van der Waals surface area contributed by atoms with Gasteiger partial charge in [-0.25, -0.2) is 0 Å². The van der Waals surface area contributed by atoms with E-state index in [4.69, 9.17) is 9.31 Å². The van der Waals surface area contributed by atoms with Gasteiger partial charge in [-0.3, -0.25) is 4.79 Å². The van der Waals surface area contributed by atoms with Gasteiger partial charge >= 0.3 is 7.12 Å². The van der Waals surface area contributed by atoms with Gasteiger partial charge in [0.05, 0.1) is 11.2 Å². The van der Waals surface area contributed by atoms with E-state index in [1.54, 1.807) is 6.08 Å². The number of rotatable bonds is 5. The second-order valence-electron chi connectivity index (χ2n) is 7.37. The van der Waals surface area contributed by atoms with Crippen molar-refractivity contribution in [1.29, 1.82) is 0 Å². The minimum atomic E-state index is -0.434. The highest BCUT2D eigenvalue weighted by atomic mass is 16.7. The molecular formula is C18H27BN2O3. The molecule has 130 valence electrons. The number of nitrogens with one attached hydrogen (secondary N) is 1. The van der Waals surface area contributed by atoms with E-state index in [9.17, 15) is 4.79 Å². The summed E-state index contributed by atoms with van der Waals surface area (Å²) in [6.45, 7) is 8.81. The third-order valence-electron chi connectivity index (χ3n) is 4.42. The summed E-state index contributed by atoms with van der Waals surface area (Å²) in [4.78, 5) is 13.9. The second-order valence-corrected chi connectivity index (χ2v) is 7.37. The molecule has 1 aliphatic rings. The molecule has 0 aromatic heterocycles. The topological polar surface area (TPSA) is 50.8 Å². The predicted molar refractivity (Wildman–Crippen MR) is 98.5 cm³/mol. The van der Waals surface area contributed by atoms with Crippen LogP contribution in [0.15, 0.2) is 36.4 Å². The number of amides is 1. The molecule has 0 bridgehead atoms. The minimum Gasteiger partial charge on any atom is -0.399 e. The summed E-state index contributed by atoms with van der Waals surface area (Å²) < 4.78 is 12.1. The fourth-order valence-corrected chi connectivity index (χ4v) is 2.30. The zero-order valence-electron chi connectivity index (χ0n) is 15.4. The molecule has 1 aromatic carbocycles. The van der Waals surface area contributed by atoms with Crippen LogP contribution in [0.25, 0.3) is 0 Å². The van der Waals surface area contributed by atoms with Gasteiger partial charge in [0.2, 0.25) is 5.91 Å². The monoisotopic (exact) mass is 330 g/mol. The van der Waals surface area contributed by atoms with Crippen LogP contribution in [0.3, 0.4) is 0 Å². The number of hydrogen-bond donors (Lipinski definition) is 1. The quantitative estimate of drug-likeness (QED) is 0.663. The van der Waals surface area contributed by atoms with Crippen molar-refractivity contribution in [1.82, 2.24) is 4.90 Å². The van der Waals surface area contributed by atoms with Crippen molar-refractivity contribution in [3.8, 4) is 0 Å². The van der Waals surface area contributed by atoms with Gasteiger partial charge < -0.3 is 19.5 Å². The summed E-state index contributed by atoms with van der Waals surface area (Å²) in [5, 5.41) is 2.87. The summed E-state index contributed by atoms with van der Waals surface area (Å²) >= 11 is 0. The Balaban J connectivity index is 2.05. The maximum Gasteiger partial charge on any atom is 0.494 e. The van der Waals surface area contributed by atoms with Crippen molar-refractivity contribution >= 4 is 24.2 Å². The average Bonchev–Trinajstić information content (AvgIpc) is 2.67. The molecule has 0 unspecified atom stereocenters. The highest BCUT2D eigenvalue weighted by Gasteiger charge is 2.51. The SMILES string of the molecule is CN(C)C/C=C/C(=O)Nc1cccc(B2OC(C)(C)C(C)(C)O2)c1. The first-order chi connectivity index (χ1) is 11.1. The highest BCUT2D eigenvalue weighted by molar-refractivity contribution is 6.62. The molecule has 0 spiro atoms.